The van der Waals surface area contributed by atoms with Crippen molar-refractivity contribution in [3.8, 4) is 0 Å². The highest BCUT2D eigenvalue weighted by molar-refractivity contribution is 7.09. The van der Waals surface area contributed by atoms with E-state index in [1.807, 2.05) is 11.3 Å². The molecule has 0 radical (unpaired) electrons. The molecule has 3 rings (SSSR count). The van der Waals surface area contributed by atoms with E-state index in [1.54, 1.807) is 0 Å². The molecule has 1 saturated carbocycles. The number of rotatable bonds is 6. The van der Waals surface area contributed by atoms with Crippen molar-refractivity contribution in [1.82, 2.24) is 15.1 Å². The second-order valence-electron chi connectivity index (χ2n) is 5.86. The van der Waals surface area contributed by atoms with Crippen molar-refractivity contribution in [3.05, 3.63) is 22.4 Å². The molecule has 1 aromatic rings. The number of thiophene rings is 1. The molecule has 2 fully saturated rings. The van der Waals surface area contributed by atoms with Gasteiger partial charge in [0.1, 0.15) is 0 Å². The lowest BCUT2D eigenvalue weighted by atomic mass is 10.2. The smallest absolute Gasteiger partial charge is 0.0300 e. The second kappa shape index (κ2) is 6.35. The minimum Gasteiger partial charge on any atom is -0.310 e. The van der Waals surface area contributed by atoms with Gasteiger partial charge in [-0.2, -0.15) is 0 Å². The molecule has 1 aromatic heterocycles. The molecule has 1 atom stereocenters. The van der Waals surface area contributed by atoms with Crippen LogP contribution >= 0.6 is 11.3 Å². The van der Waals surface area contributed by atoms with Crippen LogP contribution in [0.25, 0.3) is 0 Å². The van der Waals surface area contributed by atoms with Gasteiger partial charge in [-0.15, -0.1) is 11.3 Å². The maximum Gasteiger partial charge on any atom is 0.0300 e. The molecule has 2 heterocycles. The van der Waals surface area contributed by atoms with E-state index in [9.17, 15) is 0 Å². The van der Waals surface area contributed by atoms with Gasteiger partial charge in [0.25, 0.3) is 0 Å². The third-order valence-corrected chi connectivity index (χ3v) is 5.23. The summed E-state index contributed by atoms with van der Waals surface area (Å²) in [6.07, 6.45) is 2.88. The van der Waals surface area contributed by atoms with Crippen LogP contribution < -0.4 is 5.32 Å². The van der Waals surface area contributed by atoms with E-state index in [0.29, 0.717) is 6.04 Å². The normalized spacial score (nSPS) is 23.6. The second-order valence-corrected chi connectivity index (χ2v) is 6.89. The molecule has 2 aliphatic rings. The average Bonchev–Trinajstić information content (AvgIpc) is 3.17. The summed E-state index contributed by atoms with van der Waals surface area (Å²) >= 11 is 1.84. The summed E-state index contributed by atoms with van der Waals surface area (Å²) in [5, 5.41) is 5.74. The lowest BCUT2D eigenvalue weighted by molar-refractivity contribution is 0.0968. The lowest BCUT2D eigenvalue weighted by Crippen LogP contribution is -2.52. The fraction of sp³-hybridized carbons (Fsp3) is 0.733. The van der Waals surface area contributed by atoms with Crippen molar-refractivity contribution >= 4 is 11.3 Å². The third kappa shape index (κ3) is 3.78. The zero-order valence-electron chi connectivity index (χ0n) is 11.8. The van der Waals surface area contributed by atoms with E-state index >= 15 is 0 Å². The molecule has 1 saturated heterocycles. The Labute approximate surface area is 120 Å². The molecule has 3 nitrogen and oxygen atoms in total. The van der Waals surface area contributed by atoms with E-state index in [4.69, 9.17) is 0 Å². The minimum atomic E-state index is 0.654. The zero-order valence-corrected chi connectivity index (χ0v) is 12.7. The quantitative estimate of drug-likeness (QED) is 0.859. The van der Waals surface area contributed by atoms with Gasteiger partial charge in [0.15, 0.2) is 0 Å². The highest BCUT2D eigenvalue weighted by atomic mass is 32.1. The van der Waals surface area contributed by atoms with Crippen molar-refractivity contribution in [1.29, 1.82) is 0 Å². The predicted octanol–water partition coefficient (Wildman–Crippen LogP) is 2.01. The number of piperazine rings is 1. The standard InChI is InChI=1S/C15H25N3S/c1-13(11-16-12-15-3-2-10-19-15)17-6-8-18(9-7-17)14-4-5-14/h2-3,10,13-14,16H,4-9,11-12H2,1H3. The summed E-state index contributed by atoms with van der Waals surface area (Å²) in [6.45, 7) is 9.52. The topological polar surface area (TPSA) is 18.5 Å². The molecule has 0 bridgehead atoms. The number of hydrogen-bond donors (Lipinski definition) is 1. The highest BCUT2D eigenvalue weighted by Crippen LogP contribution is 2.27. The highest BCUT2D eigenvalue weighted by Gasteiger charge is 2.31. The van der Waals surface area contributed by atoms with E-state index < -0.39 is 0 Å². The van der Waals surface area contributed by atoms with Gasteiger partial charge >= 0.3 is 0 Å². The van der Waals surface area contributed by atoms with Gasteiger partial charge in [0.05, 0.1) is 0 Å². The Kier molecular flexibility index (Phi) is 4.53. The molecule has 106 valence electrons. The Morgan fingerprint density at radius 1 is 1.32 bits per heavy atom. The summed E-state index contributed by atoms with van der Waals surface area (Å²) in [5.41, 5.74) is 0. The molecular formula is C15H25N3S. The first kappa shape index (κ1) is 13.6. The molecule has 1 unspecified atom stereocenters. The van der Waals surface area contributed by atoms with Crippen LogP contribution in [0.4, 0.5) is 0 Å². The summed E-state index contributed by atoms with van der Waals surface area (Å²) in [5.74, 6) is 0. The summed E-state index contributed by atoms with van der Waals surface area (Å²) in [6, 6.07) is 5.93. The van der Waals surface area contributed by atoms with Crippen molar-refractivity contribution < 1.29 is 0 Å². The van der Waals surface area contributed by atoms with Gasteiger partial charge in [0, 0.05) is 56.2 Å². The van der Waals surface area contributed by atoms with E-state index in [2.05, 4.69) is 39.6 Å². The Morgan fingerprint density at radius 2 is 2.11 bits per heavy atom. The molecule has 1 aliphatic heterocycles. The van der Waals surface area contributed by atoms with Gasteiger partial charge in [-0.25, -0.2) is 0 Å². The molecular weight excluding hydrogens is 254 g/mol. The van der Waals surface area contributed by atoms with Gasteiger partial charge < -0.3 is 5.32 Å². The Hall–Kier alpha value is -0.420. The van der Waals surface area contributed by atoms with Crippen molar-refractivity contribution in [2.24, 2.45) is 0 Å². The van der Waals surface area contributed by atoms with Crippen molar-refractivity contribution in [3.63, 3.8) is 0 Å². The maximum atomic E-state index is 3.59. The minimum absolute atomic E-state index is 0.654. The zero-order chi connectivity index (χ0) is 13.1. The van der Waals surface area contributed by atoms with Crippen LogP contribution in [0.15, 0.2) is 17.5 Å². The maximum absolute atomic E-state index is 3.59. The van der Waals surface area contributed by atoms with Crippen LogP contribution in [0.2, 0.25) is 0 Å². The van der Waals surface area contributed by atoms with Gasteiger partial charge in [-0.1, -0.05) is 6.07 Å². The van der Waals surface area contributed by atoms with Crippen molar-refractivity contribution in [2.75, 3.05) is 32.7 Å². The third-order valence-electron chi connectivity index (χ3n) is 4.35. The lowest BCUT2D eigenvalue weighted by Gasteiger charge is -2.38. The molecule has 0 amide bonds. The first-order valence-electron chi connectivity index (χ1n) is 7.54. The molecule has 1 aliphatic carbocycles. The number of hydrogen-bond acceptors (Lipinski definition) is 4. The molecule has 1 N–H and O–H groups in total. The summed E-state index contributed by atoms with van der Waals surface area (Å²) in [4.78, 5) is 6.76. The van der Waals surface area contributed by atoms with Gasteiger partial charge in [0.2, 0.25) is 0 Å². The van der Waals surface area contributed by atoms with Crippen LogP contribution in [0, 0.1) is 0 Å². The molecule has 4 heteroatoms. The largest absolute Gasteiger partial charge is 0.310 e. The van der Waals surface area contributed by atoms with Crippen LogP contribution in [-0.2, 0) is 6.54 Å². The van der Waals surface area contributed by atoms with Crippen molar-refractivity contribution in [2.45, 2.75) is 38.4 Å². The fourth-order valence-electron chi connectivity index (χ4n) is 2.93. The number of nitrogens with zero attached hydrogens (tertiary/aromatic N) is 2. The summed E-state index contributed by atoms with van der Waals surface area (Å²) in [7, 11) is 0. The van der Waals surface area contributed by atoms with Crippen LogP contribution in [-0.4, -0.2) is 54.6 Å². The molecule has 0 spiro atoms. The van der Waals surface area contributed by atoms with E-state index in [1.165, 1.54) is 43.9 Å². The fourth-order valence-corrected chi connectivity index (χ4v) is 3.60. The Balaban J connectivity index is 1.35. The summed E-state index contributed by atoms with van der Waals surface area (Å²) < 4.78 is 0. The first-order valence-corrected chi connectivity index (χ1v) is 8.42. The van der Waals surface area contributed by atoms with Crippen LogP contribution in [0.1, 0.15) is 24.6 Å². The molecule has 19 heavy (non-hydrogen) atoms. The monoisotopic (exact) mass is 279 g/mol. The molecule has 0 aromatic carbocycles. The Morgan fingerprint density at radius 3 is 2.74 bits per heavy atom. The van der Waals surface area contributed by atoms with E-state index in [0.717, 1.165) is 19.1 Å². The average molecular weight is 279 g/mol. The van der Waals surface area contributed by atoms with Crippen LogP contribution in [0.5, 0.6) is 0 Å². The predicted molar refractivity (Wildman–Crippen MR) is 81.7 cm³/mol. The van der Waals surface area contributed by atoms with E-state index in [-0.39, 0.29) is 0 Å². The van der Waals surface area contributed by atoms with Gasteiger partial charge in [-0.05, 0) is 31.2 Å². The van der Waals surface area contributed by atoms with Gasteiger partial charge in [-0.3, -0.25) is 9.80 Å². The SMILES string of the molecule is CC(CNCc1cccs1)N1CCN(C2CC2)CC1. The van der Waals surface area contributed by atoms with Crippen LogP contribution in [0.3, 0.4) is 0 Å². The first-order chi connectivity index (χ1) is 9.33. The Bertz CT molecular complexity index is 367. The number of nitrogens with one attached hydrogen (secondary N) is 1.